The fourth-order valence-corrected chi connectivity index (χ4v) is 13.2. The zero-order chi connectivity index (χ0) is 100. The summed E-state index contributed by atoms with van der Waals surface area (Å²) in [4.78, 5) is 115. The molecule has 0 bridgehead atoms. The van der Waals surface area contributed by atoms with E-state index in [1.165, 1.54) is 125 Å². The second-order valence-corrected chi connectivity index (χ2v) is 33.9. The summed E-state index contributed by atoms with van der Waals surface area (Å²) in [5.41, 5.74) is -12.0. The molecule has 13 heterocycles. The number of halogens is 17. The minimum absolute atomic E-state index is 0. The minimum atomic E-state index is -6.85. The number of morpholine rings is 2. The SMILES string of the molecule is BrBr.Brc1ccoc1.CC(=O)N1CCCCC1.COC(=O)c1oc(Br)c(Br)c1OC.COC(=O)c1occ(Br)c1O.COC(=O)c1occ(Br)c1OC.COC(=O)c1occc1Br.COC(=O)c1occc1OC.N.O.O=C(OC(=O)N1CCOCC1)c1occ(Br)c1O.O=Cc1occc1Br.O=S(=O)(OS(=O)(=O)C(F)(F)F)C(F)(F)F.O=c1cc(N2CCOCC2)oc2c(Br)coc12.[Zn]. The Labute approximate surface area is 863 Å². The van der Waals surface area contributed by atoms with Crippen LogP contribution in [0.5, 0.6) is 28.7 Å². The zero-order valence-corrected chi connectivity index (χ0v) is 92.5. The number of fused-ring (bicyclic) bond motifs is 1. The van der Waals surface area contributed by atoms with E-state index in [9.17, 15) is 96.2 Å². The molecule has 2 amide bonds. The topological polar surface area (TPSA) is 598 Å². The number of carbonyl (C=O) groups excluding carboxylic acids is 9. The van der Waals surface area contributed by atoms with Gasteiger partial charge in [0.2, 0.25) is 28.6 Å². The molecule has 10 aromatic rings. The summed E-state index contributed by atoms with van der Waals surface area (Å²) in [7, 11) is -3.01. The van der Waals surface area contributed by atoms with Crippen molar-refractivity contribution in [3.63, 3.8) is 0 Å². The third-order valence-corrected chi connectivity index (χ3v) is 23.1. The van der Waals surface area contributed by atoms with Gasteiger partial charge >= 0.3 is 73.2 Å². The Morgan fingerprint density at radius 2 is 0.904 bits per heavy atom. The number of methoxy groups -OCH3 is 8. The molecule has 63 heteroatoms. The molecule has 0 unspecified atom stereocenters. The van der Waals surface area contributed by atoms with Gasteiger partial charge in [0.05, 0.1) is 146 Å². The summed E-state index contributed by atoms with van der Waals surface area (Å²) in [5, 5.41) is 18.5. The van der Waals surface area contributed by atoms with Gasteiger partial charge in [0, 0.05) is 100.0 Å². The van der Waals surface area contributed by atoms with Crippen molar-refractivity contribution in [3.8, 4) is 28.7 Å². The number of likely N-dealkylation sites (tertiary alicyclic amines) is 1. The average Bonchev–Trinajstić information content (AvgIpc) is 1.78. The summed E-state index contributed by atoms with van der Waals surface area (Å²) < 4.78 is 216. The van der Waals surface area contributed by atoms with Crippen LogP contribution in [0.4, 0.5) is 37.0 Å². The molecule has 10 aromatic heterocycles. The van der Waals surface area contributed by atoms with Gasteiger partial charge in [-0.3, -0.25) is 14.4 Å². The van der Waals surface area contributed by atoms with Crippen molar-refractivity contribution in [2.45, 2.75) is 37.2 Å². The summed E-state index contributed by atoms with van der Waals surface area (Å²) in [6, 6.07) is 8.14. The van der Waals surface area contributed by atoms with Crippen molar-refractivity contribution < 1.29 is 221 Å². The van der Waals surface area contributed by atoms with Gasteiger partial charge in [-0.15, -0.1) is 3.63 Å². The number of esters is 6. The molecule has 3 fully saturated rings. The van der Waals surface area contributed by atoms with E-state index in [1.54, 1.807) is 37.6 Å². The van der Waals surface area contributed by atoms with Gasteiger partial charge in [0.1, 0.15) is 35.8 Å². The molecule has 750 valence electrons. The summed E-state index contributed by atoms with van der Waals surface area (Å²) >= 11 is 33.6. The molecule has 135 heavy (non-hydrogen) atoms. The second-order valence-electron chi connectivity index (χ2n) is 23.1. The molecule has 3 aliphatic rings. The number of ether oxygens (including phenoxy) is 11. The number of hydrogen-bond donors (Lipinski definition) is 3. The van der Waals surface area contributed by atoms with E-state index < -0.39 is 84.7 Å². The van der Waals surface area contributed by atoms with Gasteiger partial charge in [0.25, 0.3) is 28.8 Å². The van der Waals surface area contributed by atoms with Crippen LogP contribution >= 0.6 is 172 Å². The van der Waals surface area contributed by atoms with Gasteiger partial charge in [-0.2, -0.15) is 43.2 Å². The fraction of sp³-hybridized carbons (Fsp3) is 0.333. The maximum Gasteiger partial charge on any atom is 0.524 e. The molecule has 0 spiro atoms. The maximum atomic E-state index is 11.8. The number of aldehydes is 1. The van der Waals surface area contributed by atoms with E-state index in [1.807, 2.05) is 19.5 Å². The Hall–Kier alpha value is -7.86. The Morgan fingerprint density at radius 3 is 1.30 bits per heavy atom. The van der Waals surface area contributed by atoms with Crippen LogP contribution in [0.2, 0.25) is 0 Å². The third-order valence-electron chi connectivity index (χ3n) is 14.8. The smallest absolute Gasteiger partial charge is 0.503 e. The first-order chi connectivity index (χ1) is 62.1. The molecule has 0 aromatic carbocycles. The van der Waals surface area contributed by atoms with E-state index in [0.29, 0.717) is 112 Å². The second kappa shape index (κ2) is 65.1. The van der Waals surface area contributed by atoms with E-state index in [4.69, 9.17) is 64.1 Å². The van der Waals surface area contributed by atoms with Gasteiger partial charge in [-0.1, -0.05) is 0 Å². The molecule has 7 N–H and O–H groups in total. The molecule has 43 nitrogen and oxygen atoms in total. The van der Waals surface area contributed by atoms with Crippen LogP contribution < -0.4 is 30.7 Å². The number of nitrogens with zero attached hydrogens (tertiary/aromatic N) is 3. The Balaban J connectivity index is 0. The van der Waals surface area contributed by atoms with Crippen molar-refractivity contribution >= 4 is 263 Å². The van der Waals surface area contributed by atoms with Crippen molar-refractivity contribution in [1.82, 2.24) is 16.0 Å². The first-order valence-corrected chi connectivity index (χ1v) is 48.5. The predicted octanol–water partition coefficient (Wildman–Crippen LogP) is 18.9. The fourth-order valence-electron chi connectivity index (χ4n) is 8.62. The number of alkyl halides is 6. The van der Waals surface area contributed by atoms with Crippen molar-refractivity contribution in [2.24, 2.45) is 0 Å². The van der Waals surface area contributed by atoms with Gasteiger partial charge in [0.15, 0.2) is 51.0 Å². The van der Waals surface area contributed by atoms with Gasteiger partial charge < -0.3 is 133 Å². The Kier molecular flexibility index (Phi) is 62.3. The first kappa shape index (κ1) is 129. The van der Waals surface area contributed by atoms with Crippen molar-refractivity contribution in [3.05, 3.63) is 178 Å². The number of amides is 2. The number of carbonyl (C=O) groups is 9. The Bertz CT molecular complexity index is 5580. The van der Waals surface area contributed by atoms with Crippen LogP contribution in [0.25, 0.3) is 11.2 Å². The monoisotopic (exact) mass is 2730 g/mol. The van der Waals surface area contributed by atoms with Crippen LogP contribution in [0, 0.1) is 0 Å². The molecule has 3 saturated heterocycles. The number of piperidine rings is 1. The quantitative estimate of drug-likeness (QED) is 0.0183. The molecule has 0 saturated carbocycles. The van der Waals surface area contributed by atoms with E-state index in [2.05, 4.69) is 209 Å². The molecule has 0 aliphatic carbocycles. The van der Waals surface area contributed by atoms with Gasteiger partial charge in [-0.25, -0.2) is 33.6 Å². The number of hydrogen-bond acceptors (Lipinski definition) is 40. The van der Waals surface area contributed by atoms with Crippen molar-refractivity contribution in [2.75, 3.05) is 127 Å². The Morgan fingerprint density at radius 1 is 0.467 bits per heavy atom. The number of aromatic hydroxyl groups is 2. The summed E-state index contributed by atoms with van der Waals surface area (Å²) in [6.45, 7) is 7.88. The van der Waals surface area contributed by atoms with Crippen LogP contribution in [-0.2, 0) is 86.0 Å². The van der Waals surface area contributed by atoms with E-state index >= 15 is 0 Å². The molecule has 0 atom stereocenters. The van der Waals surface area contributed by atoms with Crippen LogP contribution in [0.15, 0.2) is 176 Å². The molecular weight excluding hydrogens is 2670 g/mol. The molecule has 13 rings (SSSR count). The predicted molar refractivity (Wildman–Crippen MR) is 489 cm³/mol. The zero-order valence-electron chi connectivity index (χ0n) is 70.4. The maximum absolute atomic E-state index is 11.8. The van der Waals surface area contributed by atoms with Gasteiger partial charge in [-0.05, 0) is 181 Å². The normalized spacial score (nSPS) is 12.2. The minimum Gasteiger partial charge on any atom is -0.503 e. The van der Waals surface area contributed by atoms with E-state index in [-0.39, 0.29) is 87.0 Å². The van der Waals surface area contributed by atoms with Crippen LogP contribution in [0.3, 0.4) is 0 Å². The third kappa shape index (κ3) is 42.0. The molecule has 0 radical (unpaired) electrons. The van der Waals surface area contributed by atoms with Crippen LogP contribution in [0.1, 0.15) is 100 Å². The average molecular weight is 2740 g/mol. The number of anilines is 1. The summed E-state index contributed by atoms with van der Waals surface area (Å²) in [5.74, 6) is -2.56. The first-order valence-electron chi connectivity index (χ1n) is 34.9. The largest absolute Gasteiger partial charge is 0.524 e. The van der Waals surface area contributed by atoms with Crippen LogP contribution in [-0.4, -0.2) is 230 Å². The standard InChI is InChI=1S/C11H10BrNO4.C10H10BrNO6.C7H6Br2O4.C7H7BrO4.C7H13NO.C7H8O4.C6H5BrO4.C6H5BrO3.C5H3BrO2.C4H3BrO.C2F6O5S2.Br2.H3N.H2O.Zn/c12-7-6-16-11-8(14)5-9(17-10(7)11)13-1-3-15-4-2-13;11-6-5-17-8(7(6)13)9(14)18-10(15)12-1-3-16-4-2-12;1-11-4-3(8)6(9)13-5(4)7(10)12-2;1-10-5-4(8)3-12-6(5)7(9)11-2;1-7(9)8-5-3-2-4-6-8;1-9-5-3-4-11-6(5)7(8)10-2;1-10-6(9)5-4(8)3(7)2-11-5;1-9-6(8)5-4(7)2-3-10-5;6-4-1-2-8-5(4)3-7;5-4-1-2-6-3-4;3-1(4,5)14(9,10)13-15(11,12)2(6,7)8;1-2;;;/h5-6H,1-4H2;5,13H,1-4H2;1-2H3;3H,1-2H3;2-6H2,1H3;3-4H,1-2H3;2,8H,1H3;2-3H,1H3;1-3H;1-3H;;;1H3;1H2;. The number of furan rings is 9. The molecule has 3 aliphatic heterocycles. The number of rotatable bonds is 13. The van der Waals surface area contributed by atoms with E-state index in [0.717, 1.165) is 36.9 Å². The summed E-state index contributed by atoms with van der Waals surface area (Å²) in [6.07, 6.45) is 16.2. The molecular formula is C72H75Br11F6N4O39S2Zn. The van der Waals surface area contributed by atoms with Crippen molar-refractivity contribution in [1.29, 1.82) is 0 Å².